The Kier molecular flexibility index (Phi) is 7.51. The number of benzene rings is 3. The number of rotatable bonds is 7. The minimum absolute atomic E-state index is 0.0817. The normalized spacial score (nSPS) is 13.2. The number of esters is 1. The Hall–Kier alpha value is -4.72. The first-order valence-electron chi connectivity index (χ1n) is 13.2. The van der Waals surface area contributed by atoms with Crippen molar-refractivity contribution in [2.45, 2.75) is 44.8 Å². The molecule has 2 N–H and O–H groups in total. The summed E-state index contributed by atoms with van der Waals surface area (Å²) >= 11 is 0. The molecule has 1 aliphatic carbocycles. The molecule has 0 radical (unpaired) electrons. The van der Waals surface area contributed by atoms with Crippen LogP contribution >= 0.6 is 0 Å². The van der Waals surface area contributed by atoms with Crippen molar-refractivity contribution in [3.63, 3.8) is 0 Å². The Morgan fingerprint density at radius 1 is 0.900 bits per heavy atom. The van der Waals surface area contributed by atoms with Crippen LogP contribution in [0.1, 0.15) is 44.2 Å². The molecule has 40 heavy (non-hydrogen) atoms. The fraction of sp³-hybridized carbons (Fsp3) is 0.250. The van der Waals surface area contributed by atoms with Gasteiger partial charge in [-0.15, -0.1) is 0 Å². The first-order chi connectivity index (χ1) is 19.2. The number of nitrogens with one attached hydrogen (secondary N) is 2. The minimum Gasteiger partial charge on any atom is -0.460 e. The predicted octanol–water partition coefficient (Wildman–Crippen LogP) is 5.81. The van der Waals surface area contributed by atoms with Crippen LogP contribution in [0.5, 0.6) is 0 Å². The van der Waals surface area contributed by atoms with Gasteiger partial charge in [-0.3, -0.25) is 14.6 Å². The van der Waals surface area contributed by atoms with Crippen molar-refractivity contribution in [1.29, 1.82) is 0 Å². The van der Waals surface area contributed by atoms with Gasteiger partial charge in [-0.25, -0.2) is 4.79 Å². The fourth-order valence-electron chi connectivity index (χ4n) is 4.92. The van der Waals surface area contributed by atoms with E-state index in [-0.39, 0.29) is 18.9 Å². The number of ether oxygens (including phenoxy) is 2. The molecule has 1 heterocycles. The number of fused-ring (bicyclic) bond motifs is 4. The van der Waals surface area contributed by atoms with E-state index in [0.717, 1.165) is 33.2 Å². The summed E-state index contributed by atoms with van der Waals surface area (Å²) in [6.45, 7) is 5.30. The van der Waals surface area contributed by atoms with Crippen LogP contribution in [0.2, 0.25) is 0 Å². The molecule has 8 nitrogen and oxygen atoms in total. The Balaban J connectivity index is 1.29. The second-order valence-corrected chi connectivity index (χ2v) is 10.7. The predicted molar refractivity (Wildman–Crippen MR) is 153 cm³/mol. The second-order valence-electron chi connectivity index (χ2n) is 10.7. The number of amides is 2. The summed E-state index contributed by atoms with van der Waals surface area (Å²) in [5.74, 6) is -1.32. The molecule has 1 aliphatic rings. The van der Waals surface area contributed by atoms with Crippen LogP contribution in [-0.4, -0.2) is 41.2 Å². The van der Waals surface area contributed by atoms with Gasteiger partial charge < -0.3 is 20.1 Å². The standard InChI is InChI=1S/C32H31N3O5/c1-32(2,3)40-29(36)18-28(30(37)34-21-14-15-27-20(17-21)9-8-16-33-27)35-31(38)39-19-26-24-12-6-4-10-22(24)23-11-5-7-13-25(23)26/h4-17,26,28H,18-19H2,1-3H3,(H,34,37)(H,35,38). The van der Waals surface area contributed by atoms with Gasteiger partial charge in [0.2, 0.25) is 5.91 Å². The minimum atomic E-state index is -1.21. The maximum atomic E-state index is 13.3. The average Bonchev–Trinajstić information content (AvgIpc) is 3.24. The molecule has 0 spiro atoms. The monoisotopic (exact) mass is 537 g/mol. The van der Waals surface area contributed by atoms with Crippen LogP contribution in [0.25, 0.3) is 22.0 Å². The third kappa shape index (κ3) is 6.12. The van der Waals surface area contributed by atoms with Crippen molar-refractivity contribution in [1.82, 2.24) is 10.3 Å². The van der Waals surface area contributed by atoms with Crippen LogP contribution in [-0.2, 0) is 19.1 Å². The summed E-state index contributed by atoms with van der Waals surface area (Å²) in [6.07, 6.45) is 0.534. The molecule has 0 saturated carbocycles. The number of carbonyl (C=O) groups is 3. The van der Waals surface area contributed by atoms with E-state index in [4.69, 9.17) is 9.47 Å². The van der Waals surface area contributed by atoms with Gasteiger partial charge in [-0.1, -0.05) is 54.6 Å². The molecular weight excluding hydrogens is 506 g/mol. The molecule has 1 aromatic heterocycles. The van der Waals surface area contributed by atoms with Crippen LogP contribution in [0.15, 0.2) is 85.1 Å². The number of pyridine rings is 1. The topological polar surface area (TPSA) is 107 Å². The number of carbonyl (C=O) groups excluding carboxylic acids is 3. The summed E-state index contributed by atoms with van der Waals surface area (Å²) in [5, 5.41) is 6.20. The quantitative estimate of drug-likeness (QED) is 0.288. The molecule has 2 amide bonds. The van der Waals surface area contributed by atoms with Crippen molar-refractivity contribution in [3.05, 3.63) is 96.2 Å². The van der Waals surface area contributed by atoms with E-state index in [9.17, 15) is 14.4 Å². The largest absolute Gasteiger partial charge is 0.460 e. The highest BCUT2D eigenvalue weighted by molar-refractivity contribution is 6.00. The lowest BCUT2D eigenvalue weighted by atomic mass is 9.98. The van der Waals surface area contributed by atoms with E-state index >= 15 is 0 Å². The van der Waals surface area contributed by atoms with Crippen LogP contribution in [0.4, 0.5) is 10.5 Å². The van der Waals surface area contributed by atoms with Gasteiger partial charge in [0.1, 0.15) is 18.2 Å². The Morgan fingerprint density at radius 2 is 1.57 bits per heavy atom. The molecule has 0 bridgehead atoms. The number of anilines is 1. The number of alkyl carbamates (subject to hydrolysis) is 1. The van der Waals surface area contributed by atoms with Crippen molar-refractivity contribution < 1.29 is 23.9 Å². The van der Waals surface area contributed by atoms with Gasteiger partial charge in [0.15, 0.2) is 0 Å². The van der Waals surface area contributed by atoms with Gasteiger partial charge in [0.05, 0.1) is 11.9 Å². The number of hydrogen-bond donors (Lipinski definition) is 2. The lowest BCUT2D eigenvalue weighted by Crippen LogP contribution is -2.46. The Labute approximate surface area is 232 Å². The third-order valence-corrected chi connectivity index (χ3v) is 6.61. The highest BCUT2D eigenvalue weighted by Crippen LogP contribution is 2.44. The molecule has 4 aromatic rings. The molecule has 5 rings (SSSR count). The molecule has 8 heteroatoms. The fourth-order valence-corrected chi connectivity index (χ4v) is 4.92. The highest BCUT2D eigenvalue weighted by Gasteiger charge is 2.31. The van der Waals surface area contributed by atoms with Crippen molar-refractivity contribution in [2.24, 2.45) is 0 Å². The second kappa shape index (κ2) is 11.2. The zero-order chi connectivity index (χ0) is 28.3. The zero-order valence-corrected chi connectivity index (χ0v) is 22.6. The summed E-state index contributed by atoms with van der Waals surface area (Å²) < 4.78 is 11.0. The van der Waals surface area contributed by atoms with Crippen LogP contribution in [0.3, 0.4) is 0 Å². The van der Waals surface area contributed by atoms with E-state index in [1.807, 2.05) is 42.5 Å². The Bertz CT molecular complexity index is 1530. The van der Waals surface area contributed by atoms with E-state index in [1.54, 1.807) is 51.2 Å². The molecule has 0 fully saturated rings. The molecule has 1 unspecified atom stereocenters. The number of hydrogen-bond acceptors (Lipinski definition) is 6. The van der Waals surface area contributed by atoms with Gasteiger partial charge >= 0.3 is 12.1 Å². The van der Waals surface area contributed by atoms with Crippen molar-refractivity contribution in [3.8, 4) is 11.1 Å². The van der Waals surface area contributed by atoms with Crippen molar-refractivity contribution >= 4 is 34.6 Å². The first kappa shape index (κ1) is 26.9. The summed E-state index contributed by atoms with van der Waals surface area (Å²) in [6, 6.07) is 23.8. The van der Waals surface area contributed by atoms with E-state index in [1.165, 1.54) is 0 Å². The SMILES string of the molecule is CC(C)(C)OC(=O)CC(NC(=O)OCC1c2ccccc2-c2ccccc21)C(=O)Nc1ccc2ncccc2c1. The van der Waals surface area contributed by atoms with Crippen LogP contribution in [0, 0.1) is 0 Å². The molecular formula is C32H31N3O5. The molecule has 0 saturated heterocycles. The Morgan fingerprint density at radius 3 is 2.25 bits per heavy atom. The van der Waals surface area contributed by atoms with Gasteiger partial charge in [-0.05, 0) is 67.3 Å². The molecule has 0 aliphatic heterocycles. The number of nitrogens with zero attached hydrogens (tertiary/aromatic N) is 1. The molecule has 204 valence electrons. The van der Waals surface area contributed by atoms with Gasteiger partial charge in [-0.2, -0.15) is 0 Å². The van der Waals surface area contributed by atoms with Gasteiger partial charge in [0, 0.05) is 23.2 Å². The maximum absolute atomic E-state index is 13.3. The van der Waals surface area contributed by atoms with E-state index in [2.05, 4.69) is 27.8 Å². The number of aromatic nitrogens is 1. The third-order valence-electron chi connectivity index (χ3n) is 6.61. The lowest BCUT2D eigenvalue weighted by molar-refractivity contribution is -0.156. The first-order valence-corrected chi connectivity index (χ1v) is 13.2. The van der Waals surface area contributed by atoms with Crippen LogP contribution < -0.4 is 10.6 Å². The average molecular weight is 538 g/mol. The summed E-state index contributed by atoms with van der Waals surface area (Å²) in [5.41, 5.74) is 4.92. The molecule has 1 atom stereocenters. The highest BCUT2D eigenvalue weighted by atomic mass is 16.6. The zero-order valence-electron chi connectivity index (χ0n) is 22.6. The summed E-state index contributed by atoms with van der Waals surface area (Å²) in [4.78, 5) is 43.1. The lowest BCUT2D eigenvalue weighted by Gasteiger charge is -2.23. The molecule has 3 aromatic carbocycles. The smallest absolute Gasteiger partial charge is 0.407 e. The van der Waals surface area contributed by atoms with Crippen molar-refractivity contribution in [2.75, 3.05) is 11.9 Å². The summed E-state index contributed by atoms with van der Waals surface area (Å²) in [7, 11) is 0. The maximum Gasteiger partial charge on any atom is 0.407 e. The van der Waals surface area contributed by atoms with E-state index < -0.39 is 29.6 Å². The van der Waals surface area contributed by atoms with Gasteiger partial charge in [0.25, 0.3) is 0 Å². The van der Waals surface area contributed by atoms with E-state index in [0.29, 0.717) is 5.69 Å².